The van der Waals surface area contributed by atoms with E-state index in [1.165, 1.54) is 10.6 Å². The highest BCUT2D eigenvalue weighted by atomic mass is 35.5. The van der Waals surface area contributed by atoms with Gasteiger partial charge in [-0.15, -0.1) is 0 Å². The van der Waals surface area contributed by atoms with Crippen molar-refractivity contribution in [1.29, 1.82) is 0 Å². The minimum absolute atomic E-state index is 0.137. The van der Waals surface area contributed by atoms with E-state index in [2.05, 4.69) is 15.6 Å². The molecule has 0 bridgehead atoms. The quantitative estimate of drug-likeness (QED) is 0.407. The average molecular weight is 475 g/mol. The maximum Gasteiger partial charge on any atom is 0.268 e. The highest BCUT2D eigenvalue weighted by Gasteiger charge is 2.30. The lowest BCUT2D eigenvalue weighted by atomic mass is 10.1. The molecular weight excluding hydrogens is 452 g/mol. The van der Waals surface area contributed by atoms with E-state index in [9.17, 15) is 14.4 Å². The van der Waals surface area contributed by atoms with Crippen LogP contribution in [0.15, 0.2) is 77.7 Å². The number of hydrogen-bond acceptors (Lipinski definition) is 3. The third-order valence-electron chi connectivity index (χ3n) is 6.21. The van der Waals surface area contributed by atoms with Crippen LogP contribution in [-0.2, 0) is 0 Å². The minimum atomic E-state index is -0.212. The molecule has 0 aliphatic heterocycles. The van der Waals surface area contributed by atoms with Crippen LogP contribution in [0.2, 0.25) is 5.02 Å². The van der Waals surface area contributed by atoms with Gasteiger partial charge in [0.25, 0.3) is 17.4 Å². The molecule has 2 aromatic carbocycles. The Hall–Kier alpha value is -3.84. The number of nitrogens with one attached hydrogen (secondary N) is 3. The monoisotopic (exact) mass is 474 g/mol. The minimum Gasteiger partial charge on any atom is -0.351 e. The molecule has 172 valence electrons. The van der Waals surface area contributed by atoms with Gasteiger partial charge in [-0.25, -0.2) is 0 Å². The van der Waals surface area contributed by atoms with Crippen LogP contribution in [0.25, 0.3) is 16.6 Å². The van der Waals surface area contributed by atoms with E-state index in [4.69, 9.17) is 11.6 Å². The van der Waals surface area contributed by atoms with Gasteiger partial charge in [-0.05, 0) is 73.9 Å². The van der Waals surface area contributed by atoms with Crippen molar-refractivity contribution >= 4 is 34.3 Å². The number of aromatic amines is 1. The smallest absolute Gasteiger partial charge is 0.268 e. The Labute approximate surface area is 200 Å². The molecule has 34 heavy (non-hydrogen) atoms. The molecule has 3 N–H and O–H groups in total. The molecule has 2 atom stereocenters. The van der Waals surface area contributed by atoms with E-state index in [-0.39, 0.29) is 29.5 Å². The molecular formula is C26H23ClN4O3. The summed E-state index contributed by atoms with van der Waals surface area (Å²) in [5, 5.41) is 7.60. The van der Waals surface area contributed by atoms with Gasteiger partial charge >= 0.3 is 0 Å². The Morgan fingerprint density at radius 3 is 2.38 bits per heavy atom. The fourth-order valence-electron chi connectivity index (χ4n) is 4.44. The third kappa shape index (κ3) is 4.47. The first-order chi connectivity index (χ1) is 16.5. The van der Waals surface area contributed by atoms with Gasteiger partial charge in [0.1, 0.15) is 5.69 Å². The number of H-pyrrole nitrogens is 1. The predicted molar refractivity (Wildman–Crippen MR) is 132 cm³/mol. The molecule has 1 aliphatic rings. The number of halogens is 1. The highest BCUT2D eigenvalue weighted by molar-refractivity contribution is 6.31. The van der Waals surface area contributed by atoms with Gasteiger partial charge in [0, 0.05) is 51.5 Å². The van der Waals surface area contributed by atoms with Crippen molar-refractivity contribution in [3.05, 3.63) is 99.6 Å². The number of benzene rings is 2. The van der Waals surface area contributed by atoms with Crippen molar-refractivity contribution < 1.29 is 9.59 Å². The van der Waals surface area contributed by atoms with Crippen LogP contribution in [0, 0.1) is 0 Å². The zero-order chi connectivity index (χ0) is 23.7. The second-order valence-corrected chi connectivity index (χ2v) is 8.90. The van der Waals surface area contributed by atoms with Crippen molar-refractivity contribution in [1.82, 2.24) is 20.2 Å². The van der Waals surface area contributed by atoms with E-state index >= 15 is 0 Å². The molecule has 2 heterocycles. The number of amides is 2. The van der Waals surface area contributed by atoms with Crippen molar-refractivity contribution in [2.75, 3.05) is 0 Å². The van der Waals surface area contributed by atoms with E-state index in [0.717, 1.165) is 30.2 Å². The summed E-state index contributed by atoms with van der Waals surface area (Å²) in [7, 11) is 0. The van der Waals surface area contributed by atoms with Crippen LogP contribution in [0.1, 0.15) is 40.1 Å². The van der Waals surface area contributed by atoms with Gasteiger partial charge in [0.2, 0.25) is 0 Å². The van der Waals surface area contributed by atoms with Gasteiger partial charge in [0.05, 0.1) is 0 Å². The standard InChI is InChI=1S/C26H23ClN4O3/c27-18-9-12-20-17(14-18)15-23(28-20)26(34)30-22-5-3-4-21(22)29-25(33)16-7-10-19(11-8-16)31-13-2-1-6-24(31)32/h1-2,6-15,21-22,28H,3-5H2,(H,29,33)(H,30,34)/t21?,22-/m0/s1. The first-order valence-electron chi connectivity index (χ1n) is 11.2. The number of carbonyl (C=O) groups is 2. The van der Waals surface area contributed by atoms with Gasteiger partial charge in [-0.2, -0.15) is 0 Å². The Morgan fingerprint density at radius 2 is 1.65 bits per heavy atom. The van der Waals surface area contributed by atoms with Crippen LogP contribution in [-0.4, -0.2) is 33.4 Å². The lowest BCUT2D eigenvalue weighted by Gasteiger charge is -2.22. The summed E-state index contributed by atoms with van der Waals surface area (Å²) in [6.45, 7) is 0. The lowest BCUT2D eigenvalue weighted by molar-refractivity contribution is 0.0889. The molecule has 7 nitrogen and oxygen atoms in total. The topological polar surface area (TPSA) is 96.0 Å². The molecule has 2 aromatic heterocycles. The SMILES string of the molecule is O=C(NC1CCC[C@@H]1NC(=O)c1cc2cc(Cl)ccc2[nH]1)c1ccc(-n2ccccc2=O)cc1. The van der Waals surface area contributed by atoms with Crippen molar-refractivity contribution in [3.8, 4) is 5.69 Å². The molecule has 1 fully saturated rings. The number of fused-ring (bicyclic) bond motifs is 1. The molecule has 4 aromatic rings. The first-order valence-corrected chi connectivity index (χ1v) is 11.5. The number of nitrogens with zero attached hydrogens (tertiary/aromatic N) is 1. The van der Waals surface area contributed by atoms with Gasteiger partial charge < -0.3 is 15.6 Å². The maximum atomic E-state index is 12.9. The van der Waals surface area contributed by atoms with Crippen LogP contribution in [0.3, 0.4) is 0 Å². The number of pyridine rings is 1. The Morgan fingerprint density at radius 1 is 0.912 bits per heavy atom. The third-order valence-corrected chi connectivity index (χ3v) is 6.44. The number of aromatic nitrogens is 2. The van der Waals surface area contributed by atoms with Crippen LogP contribution in [0.5, 0.6) is 0 Å². The summed E-state index contributed by atoms with van der Waals surface area (Å²) in [5.41, 5.74) is 2.35. The summed E-state index contributed by atoms with van der Waals surface area (Å²) in [6.07, 6.45) is 4.17. The van der Waals surface area contributed by atoms with E-state index in [1.54, 1.807) is 54.7 Å². The summed E-state index contributed by atoms with van der Waals surface area (Å²) in [4.78, 5) is 40.8. The largest absolute Gasteiger partial charge is 0.351 e. The average Bonchev–Trinajstić information content (AvgIpc) is 3.46. The summed E-state index contributed by atoms with van der Waals surface area (Å²) < 4.78 is 1.52. The summed E-state index contributed by atoms with van der Waals surface area (Å²) >= 11 is 6.04. The van der Waals surface area contributed by atoms with Gasteiger partial charge in [0.15, 0.2) is 0 Å². The molecule has 1 unspecified atom stereocenters. The summed E-state index contributed by atoms with van der Waals surface area (Å²) in [6, 6.07) is 18.7. The zero-order valence-electron chi connectivity index (χ0n) is 18.3. The van der Waals surface area contributed by atoms with Crippen LogP contribution < -0.4 is 16.2 Å². The molecule has 0 spiro atoms. The lowest BCUT2D eigenvalue weighted by Crippen LogP contribution is -2.48. The van der Waals surface area contributed by atoms with Crippen molar-refractivity contribution in [2.24, 2.45) is 0 Å². The van der Waals surface area contributed by atoms with E-state index < -0.39 is 0 Å². The van der Waals surface area contributed by atoms with Crippen molar-refractivity contribution in [3.63, 3.8) is 0 Å². The second-order valence-electron chi connectivity index (χ2n) is 8.46. The second kappa shape index (κ2) is 9.19. The van der Waals surface area contributed by atoms with Crippen LogP contribution >= 0.6 is 11.6 Å². The van der Waals surface area contributed by atoms with Crippen LogP contribution in [0.4, 0.5) is 0 Å². The number of rotatable bonds is 5. The fourth-order valence-corrected chi connectivity index (χ4v) is 4.62. The predicted octanol–water partition coefficient (Wildman–Crippen LogP) is 4.05. The normalized spacial score (nSPS) is 17.6. The first kappa shape index (κ1) is 22.0. The fraction of sp³-hybridized carbons (Fsp3) is 0.192. The summed E-state index contributed by atoms with van der Waals surface area (Å²) in [5.74, 6) is -0.422. The van der Waals surface area contributed by atoms with Gasteiger partial charge in [-0.1, -0.05) is 17.7 Å². The molecule has 5 rings (SSSR count). The molecule has 1 aliphatic carbocycles. The number of hydrogen-bond donors (Lipinski definition) is 3. The van der Waals surface area contributed by atoms with Gasteiger partial charge in [-0.3, -0.25) is 19.0 Å². The molecule has 2 amide bonds. The Balaban J connectivity index is 1.25. The zero-order valence-corrected chi connectivity index (χ0v) is 19.0. The molecule has 0 radical (unpaired) electrons. The van der Waals surface area contributed by atoms with Crippen molar-refractivity contribution in [2.45, 2.75) is 31.3 Å². The highest BCUT2D eigenvalue weighted by Crippen LogP contribution is 2.23. The van der Waals surface area contributed by atoms with E-state index in [1.807, 2.05) is 12.1 Å². The molecule has 8 heteroatoms. The van der Waals surface area contributed by atoms with E-state index in [0.29, 0.717) is 22.0 Å². The number of carbonyl (C=O) groups excluding carboxylic acids is 2. The maximum absolute atomic E-state index is 12.9. The Bertz CT molecular complexity index is 1420. The molecule has 0 saturated heterocycles. The Kier molecular flexibility index (Phi) is 5.94. The molecule has 1 saturated carbocycles.